The first-order valence-electron chi connectivity index (χ1n) is 6.27. The third-order valence-corrected chi connectivity index (χ3v) is 3.12. The summed E-state index contributed by atoms with van der Waals surface area (Å²) >= 11 is 5.75. The van der Waals surface area contributed by atoms with Crippen LogP contribution in [0.15, 0.2) is 48.5 Å². The molecule has 0 saturated heterocycles. The van der Waals surface area contributed by atoms with Crippen LogP contribution >= 0.6 is 11.6 Å². The van der Waals surface area contributed by atoms with E-state index >= 15 is 0 Å². The summed E-state index contributed by atoms with van der Waals surface area (Å²) in [6.07, 6.45) is -0.930. The molecule has 1 unspecified atom stereocenters. The van der Waals surface area contributed by atoms with Crippen LogP contribution < -0.4 is 0 Å². The van der Waals surface area contributed by atoms with E-state index in [0.29, 0.717) is 10.6 Å². The number of hydrogen-bond acceptors (Lipinski definition) is 4. The molecule has 1 N–H and O–H groups in total. The van der Waals surface area contributed by atoms with E-state index in [4.69, 9.17) is 16.3 Å². The zero-order chi connectivity index (χ0) is 15.4. The molecule has 0 aliphatic rings. The molecule has 0 amide bonds. The highest BCUT2D eigenvalue weighted by Gasteiger charge is 2.20. The minimum atomic E-state index is -0.930. The molecule has 0 spiro atoms. The highest BCUT2D eigenvalue weighted by Crippen LogP contribution is 2.15. The molecule has 108 valence electrons. The van der Waals surface area contributed by atoms with Crippen LogP contribution in [0.2, 0.25) is 5.02 Å². The third-order valence-electron chi connectivity index (χ3n) is 2.86. The first kappa shape index (κ1) is 15.1. The van der Waals surface area contributed by atoms with Crippen molar-refractivity contribution in [1.82, 2.24) is 0 Å². The normalized spacial score (nSPS) is 11.7. The number of Topliss-reactive ketones (excluding diaryl/α,β-unsaturated/α-hetero) is 1. The monoisotopic (exact) mass is 304 g/mol. The topological polar surface area (TPSA) is 63.6 Å². The summed E-state index contributed by atoms with van der Waals surface area (Å²) in [5.74, 6) is -1.03. The number of halogens is 1. The molecule has 5 heteroatoms. The number of aromatic hydroxyl groups is 1. The molecule has 0 radical (unpaired) electrons. The molecule has 0 aliphatic heterocycles. The molecule has 0 aliphatic carbocycles. The Kier molecular flexibility index (Phi) is 4.60. The van der Waals surface area contributed by atoms with E-state index in [2.05, 4.69) is 0 Å². The highest BCUT2D eigenvalue weighted by molar-refractivity contribution is 6.30. The minimum absolute atomic E-state index is 0.0406. The van der Waals surface area contributed by atoms with Gasteiger partial charge < -0.3 is 9.84 Å². The van der Waals surface area contributed by atoms with Gasteiger partial charge in [0.05, 0.1) is 5.56 Å². The maximum absolute atomic E-state index is 12.1. The summed E-state index contributed by atoms with van der Waals surface area (Å²) in [7, 11) is 0. The van der Waals surface area contributed by atoms with E-state index in [1.54, 1.807) is 24.3 Å². The summed E-state index contributed by atoms with van der Waals surface area (Å²) < 4.78 is 5.11. The van der Waals surface area contributed by atoms with Crippen molar-refractivity contribution in [3.05, 3.63) is 64.7 Å². The molecule has 0 bridgehead atoms. The SMILES string of the molecule is CC(OC(=O)c1cccc(O)c1)C(=O)c1ccc(Cl)cc1. The van der Waals surface area contributed by atoms with Crippen molar-refractivity contribution in [2.45, 2.75) is 13.0 Å². The van der Waals surface area contributed by atoms with E-state index in [0.717, 1.165) is 0 Å². The van der Waals surface area contributed by atoms with Crippen LogP contribution in [0.1, 0.15) is 27.6 Å². The number of carbonyl (C=O) groups is 2. The van der Waals surface area contributed by atoms with Crippen LogP contribution in [0.3, 0.4) is 0 Å². The number of rotatable bonds is 4. The summed E-state index contributed by atoms with van der Waals surface area (Å²) in [6, 6.07) is 12.1. The Morgan fingerprint density at radius 2 is 1.76 bits per heavy atom. The van der Waals surface area contributed by atoms with Gasteiger partial charge in [-0.05, 0) is 49.4 Å². The quantitative estimate of drug-likeness (QED) is 0.694. The van der Waals surface area contributed by atoms with Gasteiger partial charge >= 0.3 is 5.97 Å². The molecule has 0 saturated carbocycles. The highest BCUT2D eigenvalue weighted by atomic mass is 35.5. The second-order valence-electron chi connectivity index (χ2n) is 4.47. The van der Waals surface area contributed by atoms with Gasteiger partial charge in [0.1, 0.15) is 5.75 Å². The second kappa shape index (κ2) is 6.41. The average molecular weight is 305 g/mol. The van der Waals surface area contributed by atoms with Crippen molar-refractivity contribution in [1.29, 1.82) is 0 Å². The van der Waals surface area contributed by atoms with Crippen LogP contribution in [0.5, 0.6) is 5.75 Å². The Balaban J connectivity index is 2.07. The van der Waals surface area contributed by atoms with Crippen LogP contribution in [0.25, 0.3) is 0 Å². The van der Waals surface area contributed by atoms with Crippen molar-refractivity contribution >= 4 is 23.4 Å². The summed E-state index contributed by atoms with van der Waals surface area (Å²) in [5, 5.41) is 9.85. The lowest BCUT2D eigenvalue weighted by molar-refractivity contribution is 0.0318. The average Bonchev–Trinajstić information content (AvgIpc) is 2.47. The third kappa shape index (κ3) is 3.83. The summed E-state index contributed by atoms with van der Waals surface area (Å²) in [6.45, 7) is 1.50. The number of phenolic OH excluding ortho intramolecular Hbond substituents is 1. The molecule has 2 aromatic carbocycles. The van der Waals surface area contributed by atoms with Crippen molar-refractivity contribution in [2.24, 2.45) is 0 Å². The van der Waals surface area contributed by atoms with E-state index in [9.17, 15) is 14.7 Å². The van der Waals surface area contributed by atoms with Gasteiger partial charge in [0.25, 0.3) is 0 Å². The Morgan fingerprint density at radius 1 is 1.10 bits per heavy atom. The van der Waals surface area contributed by atoms with Gasteiger partial charge in [-0.3, -0.25) is 4.79 Å². The number of esters is 1. The van der Waals surface area contributed by atoms with E-state index in [-0.39, 0.29) is 17.1 Å². The zero-order valence-electron chi connectivity index (χ0n) is 11.2. The van der Waals surface area contributed by atoms with Gasteiger partial charge in [-0.1, -0.05) is 17.7 Å². The summed E-state index contributed by atoms with van der Waals surface area (Å²) in [4.78, 5) is 24.0. The van der Waals surface area contributed by atoms with Gasteiger partial charge in [0.2, 0.25) is 5.78 Å². The fourth-order valence-electron chi connectivity index (χ4n) is 1.76. The van der Waals surface area contributed by atoms with E-state index in [1.807, 2.05) is 0 Å². The van der Waals surface area contributed by atoms with Gasteiger partial charge in [-0.25, -0.2) is 4.79 Å². The first-order chi connectivity index (χ1) is 9.97. The van der Waals surface area contributed by atoms with E-state index < -0.39 is 12.1 Å². The number of hydrogen-bond donors (Lipinski definition) is 1. The molecule has 21 heavy (non-hydrogen) atoms. The van der Waals surface area contributed by atoms with Crippen molar-refractivity contribution < 1.29 is 19.4 Å². The van der Waals surface area contributed by atoms with Crippen LogP contribution in [0.4, 0.5) is 0 Å². The van der Waals surface area contributed by atoms with Gasteiger partial charge in [-0.2, -0.15) is 0 Å². The Morgan fingerprint density at radius 3 is 2.38 bits per heavy atom. The molecule has 0 aromatic heterocycles. The summed E-state index contributed by atoms with van der Waals surface area (Å²) in [5.41, 5.74) is 0.598. The second-order valence-corrected chi connectivity index (χ2v) is 4.91. The predicted molar refractivity (Wildman–Crippen MR) is 78.8 cm³/mol. The molecule has 0 fully saturated rings. The smallest absolute Gasteiger partial charge is 0.338 e. The fraction of sp³-hybridized carbons (Fsp3) is 0.125. The number of carbonyl (C=O) groups excluding carboxylic acids is 2. The lowest BCUT2D eigenvalue weighted by Crippen LogP contribution is -2.24. The van der Waals surface area contributed by atoms with Crippen LogP contribution in [-0.2, 0) is 4.74 Å². The number of ether oxygens (including phenoxy) is 1. The van der Waals surface area contributed by atoms with Crippen molar-refractivity contribution in [2.75, 3.05) is 0 Å². The number of ketones is 1. The minimum Gasteiger partial charge on any atom is -0.508 e. The first-order valence-corrected chi connectivity index (χ1v) is 6.65. The molecule has 2 aromatic rings. The van der Waals surface area contributed by atoms with Gasteiger partial charge in [0, 0.05) is 10.6 Å². The molecular weight excluding hydrogens is 292 g/mol. The maximum atomic E-state index is 12.1. The van der Waals surface area contributed by atoms with Crippen molar-refractivity contribution in [3.63, 3.8) is 0 Å². The molecular formula is C16H13ClO4. The lowest BCUT2D eigenvalue weighted by Gasteiger charge is -2.12. The van der Waals surface area contributed by atoms with Gasteiger partial charge in [-0.15, -0.1) is 0 Å². The van der Waals surface area contributed by atoms with Crippen LogP contribution in [-0.4, -0.2) is 23.0 Å². The molecule has 4 nitrogen and oxygen atoms in total. The number of benzene rings is 2. The van der Waals surface area contributed by atoms with Crippen LogP contribution in [0, 0.1) is 0 Å². The Labute approximate surface area is 126 Å². The molecule has 2 rings (SSSR count). The molecule has 1 atom stereocenters. The predicted octanol–water partition coefficient (Wildman–Crippen LogP) is 3.47. The number of phenols is 1. The van der Waals surface area contributed by atoms with Crippen molar-refractivity contribution in [3.8, 4) is 5.75 Å². The van der Waals surface area contributed by atoms with Gasteiger partial charge in [0.15, 0.2) is 6.10 Å². The molecule has 0 heterocycles. The zero-order valence-corrected chi connectivity index (χ0v) is 12.0. The van der Waals surface area contributed by atoms with E-state index in [1.165, 1.54) is 31.2 Å². The Hall–Kier alpha value is -2.33. The largest absolute Gasteiger partial charge is 0.508 e. The standard InChI is InChI=1S/C16H13ClO4/c1-10(15(19)11-5-7-13(17)8-6-11)21-16(20)12-3-2-4-14(18)9-12/h2-10,18H,1H3. The maximum Gasteiger partial charge on any atom is 0.338 e. The Bertz CT molecular complexity index is 664. The fourth-order valence-corrected chi connectivity index (χ4v) is 1.89. The lowest BCUT2D eigenvalue weighted by atomic mass is 10.1.